The lowest BCUT2D eigenvalue weighted by molar-refractivity contribution is 0.425. The van der Waals surface area contributed by atoms with Crippen LogP contribution in [0, 0.1) is 11.3 Å². The standard InChI is InChI=1S/C6H6BN3O2/c8-3-5-1-4(7(11)12)2-6(9)10-5/h1-2,11-12H,(H2,9,10). The van der Waals surface area contributed by atoms with Gasteiger partial charge in [0, 0.05) is 0 Å². The summed E-state index contributed by atoms with van der Waals surface area (Å²) in [6.45, 7) is 0. The molecule has 0 radical (unpaired) electrons. The van der Waals surface area contributed by atoms with Crippen LogP contribution >= 0.6 is 0 Å². The number of nitriles is 1. The number of nitrogens with zero attached hydrogens (tertiary/aromatic N) is 2. The summed E-state index contributed by atoms with van der Waals surface area (Å²) in [7, 11) is -1.62. The molecule has 0 aliphatic carbocycles. The highest BCUT2D eigenvalue weighted by Gasteiger charge is 2.12. The quantitative estimate of drug-likeness (QED) is 0.424. The second-order valence-corrected chi connectivity index (χ2v) is 2.20. The van der Waals surface area contributed by atoms with Crippen molar-refractivity contribution in [1.29, 1.82) is 5.26 Å². The summed E-state index contributed by atoms with van der Waals surface area (Å²) in [6.07, 6.45) is 0. The average molecular weight is 163 g/mol. The monoisotopic (exact) mass is 163 g/mol. The van der Waals surface area contributed by atoms with E-state index in [9.17, 15) is 0 Å². The van der Waals surface area contributed by atoms with Crippen LogP contribution in [0.25, 0.3) is 0 Å². The van der Waals surface area contributed by atoms with Gasteiger partial charge >= 0.3 is 7.12 Å². The molecule has 0 aliphatic heterocycles. The summed E-state index contributed by atoms with van der Waals surface area (Å²) in [5, 5.41) is 25.9. The number of aromatic nitrogens is 1. The second-order valence-electron chi connectivity index (χ2n) is 2.20. The van der Waals surface area contributed by atoms with Crippen molar-refractivity contribution in [3.8, 4) is 6.07 Å². The minimum atomic E-state index is -1.62. The Kier molecular flexibility index (Phi) is 2.28. The molecule has 0 atom stereocenters. The van der Waals surface area contributed by atoms with Crippen LogP contribution in [0.4, 0.5) is 5.82 Å². The molecule has 12 heavy (non-hydrogen) atoms. The maximum absolute atomic E-state index is 8.73. The fraction of sp³-hybridized carbons (Fsp3) is 0. The molecule has 1 aromatic heterocycles. The molecule has 0 spiro atoms. The minimum Gasteiger partial charge on any atom is -0.423 e. The Hall–Kier alpha value is -1.58. The van der Waals surface area contributed by atoms with Gasteiger partial charge in [-0.15, -0.1) is 0 Å². The zero-order chi connectivity index (χ0) is 9.14. The molecule has 0 amide bonds. The van der Waals surface area contributed by atoms with Gasteiger partial charge in [-0.3, -0.25) is 0 Å². The van der Waals surface area contributed by atoms with Gasteiger partial charge < -0.3 is 15.8 Å². The minimum absolute atomic E-state index is 0.0677. The van der Waals surface area contributed by atoms with Gasteiger partial charge in [-0.2, -0.15) is 5.26 Å². The van der Waals surface area contributed by atoms with Crippen molar-refractivity contribution in [3.63, 3.8) is 0 Å². The van der Waals surface area contributed by atoms with E-state index in [-0.39, 0.29) is 17.0 Å². The number of pyridine rings is 1. The van der Waals surface area contributed by atoms with Crippen LogP contribution in [0.15, 0.2) is 12.1 Å². The average Bonchev–Trinajstić information content (AvgIpc) is 2.03. The lowest BCUT2D eigenvalue weighted by atomic mass is 9.80. The molecule has 0 aromatic carbocycles. The van der Waals surface area contributed by atoms with E-state index in [1.165, 1.54) is 12.1 Å². The lowest BCUT2D eigenvalue weighted by Crippen LogP contribution is -2.30. The van der Waals surface area contributed by atoms with Gasteiger partial charge in [0.2, 0.25) is 0 Å². The van der Waals surface area contributed by atoms with E-state index in [1.807, 2.05) is 0 Å². The summed E-state index contributed by atoms with van der Waals surface area (Å²) >= 11 is 0. The first kappa shape index (κ1) is 8.52. The highest BCUT2D eigenvalue weighted by Crippen LogP contribution is 1.97. The predicted octanol–water partition coefficient (Wildman–Crippen LogP) is -1.78. The molecule has 6 heteroatoms. The fourth-order valence-corrected chi connectivity index (χ4v) is 0.780. The molecule has 1 aromatic rings. The smallest absolute Gasteiger partial charge is 0.423 e. The van der Waals surface area contributed by atoms with Crippen molar-refractivity contribution in [2.75, 3.05) is 5.73 Å². The van der Waals surface area contributed by atoms with E-state index in [2.05, 4.69) is 4.98 Å². The first-order valence-electron chi connectivity index (χ1n) is 3.17. The van der Waals surface area contributed by atoms with Gasteiger partial charge in [-0.25, -0.2) is 4.98 Å². The first-order chi connectivity index (χ1) is 5.63. The maximum atomic E-state index is 8.73. The van der Waals surface area contributed by atoms with Crippen LogP contribution in [0.1, 0.15) is 5.69 Å². The largest absolute Gasteiger partial charge is 0.488 e. The molecule has 1 rings (SSSR count). The normalized spacial score (nSPS) is 9.08. The predicted molar refractivity (Wildman–Crippen MR) is 43.2 cm³/mol. The van der Waals surface area contributed by atoms with E-state index in [0.717, 1.165) is 0 Å². The van der Waals surface area contributed by atoms with Crippen molar-refractivity contribution in [2.24, 2.45) is 0 Å². The van der Waals surface area contributed by atoms with Gasteiger partial charge in [0.15, 0.2) is 0 Å². The number of anilines is 1. The maximum Gasteiger partial charge on any atom is 0.488 e. The van der Waals surface area contributed by atoms with E-state index >= 15 is 0 Å². The Balaban J connectivity index is 3.17. The number of nitrogen functional groups attached to an aromatic ring is 1. The van der Waals surface area contributed by atoms with E-state index < -0.39 is 7.12 Å². The Morgan fingerprint density at radius 2 is 2.17 bits per heavy atom. The van der Waals surface area contributed by atoms with Crippen LogP contribution in [0.2, 0.25) is 0 Å². The molecule has 4 N–H and O–H groups in total. The first-order valence-corrected chi connectivity index (χ1v) is 3.17. The molecule has 60 valence electrons. The van der Waals surface area contributed by atoms with Crippen molar-refractivity contribution in [2.45, 2.75) is 0 Å². The summed E-state index contributed by atoms with van der Waals surface area (Å²) in [5.41, 5.74) is 5.52. The van der Waals surface area contributed by atoms with Crippen molar-refractivity contribution >= 4 is 18.4 Å². The molecule has 1 heterocycles. The third-order valence-electron chi connectivity index (χ3n) is 1.28. The molecule has 0 saturated carbocycles. The third-order valence-corrected chi connectivity index (χ3v) is 1.28. The zero-order valence-electron chi connectivity index (χ0n) is 6.10. The molecule has 5 nitrogen and oxygen atoms in total. The SMILES string of the molecule is N#Cc1cc(B(O)O)cc(N)n1. The molecular weight excluding hydrogens is 157 g/mol. The Labute approximate surface area is 69.2 Å². The van der Waals surface area contributed by atoms with Crippen LogP contribution in [-0.4, -0.2) is 22.2 Å². The van der Waals surface area contributed by atoms with Crippen LogP contribution in [0.3, 0.4) is 0 Å². The molecular formula is C6H6BN3O2. The van der Waals surface area contributed by atoms with Crippen LogP contribution in [0.5, 0.6) is 0 Å². The highest BCUT2D eigenvalue weighted by molar-refractivity contribution is 6.58. The Morgan fingerprint density at radius 3 is 2.67 bits per heavy atom. The number of hydrogen-bond acceptors (Lipinski definition) is 5. The van der Waals surface area contributed by atoms with Crippen molar-refractivity contribution < 1.29 is 10.0 Å². The molecule has 0 unspecified atom stereocenters. The highest BCUT2D eigenvalue weighted by atomic mass is 16.4. The van der Waals surface area contributed by atoms with E-state index in [1.54, 1.807) is 6.07 Å². The van der Waals surface area contributed by atoms with Crippen LogP contribution in [-0.2, 0) is 0 Å². The van der Waals surface area contributed by atoms with Gasteiger partial charge in [-0.05, 0) is 17.6 Å². The zero-order valence-corrected chi connectivity index (χ0v) is 6.10. The van der Waals surface area contributed by atoms with Crippen molar-refractivity contribution in [1.82, 2.24) is 4.98 Å². The third kappa shape index (κ3) is 1.72. The summed E-state index contributed by atoms with van der Waals surface area (Å²) in [4.78, 5) is 3.63. The Morgan fingerprint density at radius 1 is 1.50 bits per heavy atom. The number of nitrogens with two attached hydrogens (primary N) is 1. The van der Waals surface area contributed by atoms with Gasteiger partial charge in [-0.1, -0.05) is 0 Å². The summed E-state index contributed by atoms with van der Waals surface area (Å²) in [5.74, 6) is 0.0946. The fourth-order valence-electron chi connectivity index (χ4n) is 0.780. The summed E-state index contributed by atoms with van der Waals surface area (Å²) < 4.78 is 0. The topological polar surface area (TPSA) is 103 Å². The molecule has 0 bridgehead atoms. The summed E-state index contributed by atoms with van der Waals surface area (Å²) in [6, 6.07) is 4.31. The number of hydrogen-bond donors (Lipinski definition) is 3. The lowest BCUT2D eigenvalue weighted by Gasteiger charge is -2.00. The Bertz CT molecular complexity index is 334. The van der Waals surface area contributed by atoms with Crippen LogP contribution < -0.4 is 11.2 Å². The molecule has 0 fully saturated rings. The molecule has 0 aliphatic rings. The second kappa shape index (κ2) is 3.22. The van der Waals surface area contributed by atoms with Gasteiger partial charge in [0.05, 0.1) is 0 Å². The van der Waals surface area contributed by atoms with Gasteiger partial charge in [0.25, 0.3) is 0 Å². The van der Waals surface area contributed by atoms with Gasteiger partial charge in [0.1, 0.15) is 17.6 Å². The number of rotatable bonds is 1. The van der Waals surface area contributed by atoms with E-state index in [4.69, 9.17) is 21.0 Å². The van der Waals surface area contributed by atoms with E-state index in [0.29, 0.717) is 0 Å². The molecule has 0 saturated heterocycles. The van der Waals surface area contributed by atoms with Crippen molar-refractivity contribution in [3.05, 3.63) is 17.8 Å².